The molecule has 6 heteroatoms. The van der Waals surface area contributed by atoms with Gasteiger partial charge < -0.3 is 18.9 Å². The second kappa shape index (κ2) is 6.02. The Labute approximate surface area is 152 Å². The van der Waals surface area contributed by atoms with Crippen molar-refractivity contribution in [1.29, 1.82) is 0 Å². The summed E-state index contributed by atoms with van der Waals surface area (Å²) in [5.74, 6) is 0.522. The van der Waals surface area contributed by atoms with Crippen molar-refractivity contribution in [2.24, 2.45) is 5.92 Å². The molecule has 2 unspecified atom stereocenters. The van der Waals surface area contributed by atoms with Gasteiger partial charge in [-0.25, -0.2) is 4.79 Å². The molecule has 25 heavy (non-hydrogen) atoms. The van der Waals surface area contributed by atoms with Crippen molar-refractivity contribution in [3.63, 3.8) is 0 Å². The number of carbonyl (C=O) groups excluding carboxylic acids is 1. The third-order valence-electron chi connectivity index (χ3n) is 5.86. The highest BCUT2D eigenvalue weighted by Gasteiger charge is 2.53. The van der Waals surface area contributed by atoms with Crippen LogP contribution < -0.4 is 0 Å². The molecule has 0 spiro atoms. The molecular weight excluding hydrogens is 317 g/mol. The molecule has 2 aliphatic heterocycles. The third kappa shape index (κ3) is 3.75. The fourth-order valence-electron chi connectivity index (χ4n) is 3.75. The zero-order valence-electron chi connectivity index (χ0n) is 16.7. The van der Waals surface area contributed by atoms with Gasteiger partial charge in [-0.15, -0.1) is 0 Å². The number of hydrogen-bond donors (Lipinski definition) is 0. The highest BCUT2D eigenvalue weighted by atomic mass is 16.7. The van der Waals surface area contributed by atoms with Crippen LogP contribution in [0.4, 0.5) is 4.79 Å². The SMILES string of the molecule is CC(C)(C)OC(=O)N1CC2CCC(B3OC(C)(C)C(C)(C)O3)=CC1C2. The second-order valence-electron chi connectivity index (χ2n) is 9.67. The molecule has 0 radical (unpaired) electrons. The number of ether oxygens (including phenoxy) is 1. The lowest BCUT2D eigenvalue weighted by atomic mass is 9.74. The Kier molecular flexibility index (Phi) is 4.52. The van der Waals surface area contributed by atoms with Crippen molar-refractivity contribution in [2.75, 3.05) is 6.54 Å². The summed E-state index contributed by atoms with van der Waals surface area (Å²) in [6.45, 7) is 14.8. The average molecular weight is 349 g/mol. The van der Waals surface area contributed by atoms with Crippen molar-refractivity contribution in [1.82, 2.24) is 4.90 Å². The Morgan fingerprint density at radius 1 is 1.24 bits per heavy atom. The van der Waals surface area contributed by atoms with E-state index >= 15 is 0 Å². The van der Waals surface area contributed by atoms with E-state index in [0.717, 1.165) is 25.8 Å². The quantitative estimate of drug-likeness (QED) is 0.672. The minimum atomic E-state index is -0.470. The summed E-state index contributed by atoms with van der Waals surface area (Å²) in [4.78, 5) is 14.4. The summed E-state index contributed by atoms with van der Waals surface area (Å²) in [5, 5.41) is 0. The molecule has 140 valence electrons. The van der Waals surface area contributed by atoms with Crippen molar-refractivity contribution >= 4 is 13.2 Å². The molecule has 2 saturated heterocycles. The standard InChI is InChI=1S/C19H32BNO4/c1-17(2,3)23-16(22)21-12-13-8-9-14(11-15(21)10-13)20-24-18(4,5)19(6,7)25-20/h11,13,15H,8-10,12H2,1-7H3. The van der Waals surface area contributed by atoms with Gasteiger partial charge in [-0.05, 0) is 79.1 Å². The highest BCUT2D eigenvalue weighted by Crippen LogP contribution is 2.42. The molecule has 5 nitrogen and oxygen atoms in total. The number of nitrogens with zero attached hydrogens (tertiary/aromatic N) is 1. The van der Waals surface area contributed by atoms with Gasteiger partial charge in [-0.1, -0.05) is 6.08 Å². The molecule has 2 fully saturated rings. The second-order valence-corrected chi connectivity index (χ2v) is 9.67. The molecule has 0 N–H and O–H groups in total. The minimum absolute atomic E-state index is 0.0800. The van der Waals surface area contributed by atoms with Gasteiger partial charge in [0.05, 0.1) is 17.2 Å². The Hall–Kier alpha value is -1.01. The fraction of sp³-hybridized carbons (Fsp3) is 0.842. The maximum absolute atomic E-state index is 12.6. The zero-order valence-corrected chi connectivity index (χ0v) is 16.7. The van der Waals surface area contributed by atoms with Crippen LogP contribution in [0.5, 0.6) is 0 Å². The topological polar surface area (TPSA) is 48.0 Å². The lowest BCUT2D eigenvalue weighted by Gasteiger charge is -2.32. The van der Waals surface area contributed by atoms with Crippen molar-refractivity contribution in [3.8, 4) is 0 Å². The van der Waals surface area contributed by atoms with Crippen LogP contribution in [-0.4, -0.2) is 47.5 Å². The number of hydrogen-bond acceptors (Lipinski definition) is 4. The predicted molar refractivity (Wildman–Crippen MR) is 98.2 cm³/mol. The summed E-state index contributed by atoms with van der Waals surface area (Å²) in [6.07, 6.45) is 5.01. The van der Waals surface area contributed by atoms with Crippen LogP contribution in [0.3, 0.4) is 0 Å². The first kappa shape index (κ1) is 18.8. The zero-order chi connectivity index (χ0) is 18.6. The molecule has 1 amide bonds. The Balaban J connectivity index is 1.77. The van der Waals surface area contributed by atoms with E-state index in [1.165, 1.54) is 5.47 Å². The Morgan fingerprint density at radius 3 is 2.40 bits per heavy atom. The average Bonchev–Trinajstić information content (AvgIpc) is 2.79. The summed E-state index contributed by atoms with van der Waals surface area (Å²) in [5.41, 5.74) is 0.0188. The molecule has 2 heterocycles. The molecule has 2 bridgehead atoms. The van der Waals surface area contributed by atoms with Crippen molar-refractivity contribution in [3.05, 3.63) is 11.5 Å². The normalized spacial score (nSPS) is 30.9. The van der Waals surface area contributed by atoms with Gasteiger partial charge in [-0.3, -0.25) is 0 Å². The Bertz CT molecular complexity index is 562. The number of amides is 1. The van der Waals surface area contributed by atoms with E-state index in [1.54, 1.807) is 0 Å². The predicted octanol–water partition coefficient (Wildman–Crippen LogP) is 3.96. The van der Waals surface area contributed by atoms with E-state index in [4.69, 9.17) is 14.0 Å². The van der Waals surface area contributed by atoms with Crippen LogP contribution in [0.15, 0.2) is 11.5 Å². The summed E-state index contributed by atoms with van der Waals surface area (Å²) < 4.78 is 18.0. The number of fused-ring (bicyclic) bond motifs is 2. The van der Waals surface area contributed by atoms with Gasteiger partial charge in [0.1, 0.15) is 5.60 Å². The van der Waals surface area contributed by atoms with Gasteiger partial charge in [0.15, 0.2) is 0 Å². The summed E-state index contributed by atoms with van der Waals surface area (Å²) >= 11 is 0. The molecule has 0 aromatic rings. The third-order valence-corrected chi connectivity index (χ3v) is 5.86. The maximum Gasteiger partial charge on any atom is 0.490 e. The minimum Gasteiger partial charge on any atom is -0.444 e. The first-order valence-corrected chi connectivity index (χ1v) is 9.44. The molecule has 0 aromatic carbocycles. The van der Waals surface area contributed by atoms with Gasteiger partial charge in [-0.2, -0.15) is 0 Å². The largest absolute Gasteiger partial charge is 0.490 e. The Morgan fingerprint density at radius 2 is 1.84 bits per heavy atom. The first-order chi connectivity index (χ1) is 11.4. The van der Waals surface area contributed by atoms with E-state index < -0.39 is 5.60 Å². The van der Waals surface area contributed by atoms with Crippen molar-refractivity contribution < 1.29 is 18.8 Å². The van der Waals surface area contributed by atoms with Crippen LogP contribution in [0.1, 0.15) is 67.7 Å². The lowest BCUT2D eigenvalue weighted by molar-refractivity contribution is 0.00578. The van der Waals surface area contributed by atoms with Crippen LogP contribution in [0.2, 0.25) is 0 Å². The van der Waals surface area contributed by atoms with E-state index in [1.807, 2.05) is 25.7 Å². The molecule has 0 saturated carbocycles. The van der Waals surface area contributed by atoms with Gasteiger partial charge in [0.25, 0.3) is 0 Å². The molecular formula is C19H32BNO4. The molecule has 3 aliphatic rings. The summed E-state index contributed by atoms with van der Waals surface area (Å²) in [6, 6.07) is 0.0800. The molecule has 3 rings (SSSR count). The van der Waals surface area contributed by atoms with Crippen LogP contribution in [0, 0.1) is 5.92 Å². The van der Waals surface area contributed by atoms with Gasteiger partial charge in [0.2, 0.25) is 0 Å². The lowest BCUT2D eigenvalue weighted by Crippen LogP contribution is -2.41. The van der Waals surface area contributed by atoms with E-state index in [2.05, 4.69) is 33.8 Å². The summed E-state index contributed by atoms with van der Waals surface area (Å²) in [7, 11) is -0.315. The number of carbonyl (C=O) groups is 1. The fourth-order valence-corrected chi connectivity index (χ4v) is 3.75. The molecule has 2 atom stereocenters. The molecule has 1 aliphatic carbocycles. The number of allylic oxidation sites excluding steroid dienone is 1. The monoisotopic (exact) mass is 349 g/mol. The first-order valence-electron chi connectivity index (χ1n) is 9.44. The van der Waals surface area contributed by atoms with E-state index in [-0.39, 0.29) is 30.5 Å². The maximum atomic E-state index is 12.6. The van der Waals surface area contributed by atoms with Gasteiger partial charge in [0, 0.05) is 6.54 Å². The number of rotatable bonds is 1. The van der Waals surface area contributed by atoms with Crippen LogP contribution in [-0.2, 0) is 14.0 Å². The van der Waals surface area contributed by atoms with Crippen LogP contribution >= 0.6 is 0 Å². The number of likely N-dealkylation sites (tertiary alicyclic amines) is 1. The highest BCUT2D eigenvalue weighted by molar-refractivity contribution is 6.54. The van der Waals surface area contributed by atoms with E-state index in [0.29, 0.717) is 5.92 Å². The van der Waals surface area contributed by atoms with Crippen LogP contribution in [0.25, 0.3) is 0 Å². The van der Waals surface area contributed by atoms with Gasteiger partial charge >= 0.3 is 13.2 Å². The van der Waals surface area contributed by atoms with Crippen molar-refractivity contribution in [2.45, 2.75) is 90.6 Å². The molecule has 0 aromatic heterocycles. The van der Waals surface area contributed by atoms with E-state index in [9.17, 15) is 4.79 Å². The smallest absolute Gasteiger partial charge is 0.444 e.